The second-order valence-corrected chi connectivity index (χ2v) is 6.58. The quantitative estimate of drug-likeness (QED) is 0.839. The minimum absolute atomic E-state index is 0. The Kier molecular flexibility index (Phi) is 7.66. The van der Waals surface area contributed by atoms with E-state index in [9.17, 15) is 4.79 Å². The molecule has 2 unspecified atom stereocenters. The van der Waals surface area contributed by atoms with E-state index in [4.69, 9.17) is 5.73 Å². The van der Waals surface area contributed by atoms with Crippen molar-refractivity contribution in [1.29, 1.82) is 0 Å². The van der Waals surface area contributed by atoms with E-state index in [2.05, 4.69) is 28.6 Å². The van der Waals surface area contributed by atoms with Gasteiger partial charge in [0.05, 0.1) is 6.04 Å². The number of nitrogens with two attached hydrogens (primary N) is 1. The summed E-state index contributed by atoms with van der Waals surface area (Å²) in [6, 6.07) is 2.20. The topological polar surface area (TPSA) is 58.4 Å². The lowest BCUT2D eigenvalue weighted by atomic mass is 10.1. The van der Waals surface area contributed by atoms with Gasteiger partial charge in [0.25, 0.3) is 0 Å². The number of carbonyl (C=O) groups excluding carboxylic acids is 1. The largest absolute Gasteiger partial charge is 0.353 e. The van der Waals surface area contributed by atoms with E-state index in [1.165, 1.54) is 10.4 Å². The van der Waals surface area contributed by atoms with Crippen LogP contribution in [0.2, 0.25) is 0 Å². The molecular formula is C15H26ClN3OS. The van der Waals surface area contributed by atoms with Crippen LogP contribution in [0.3, 0.4) is 0 Å². The molecule has 2 heterocycles. The number of carbonyl (C=O) groups is 1. The third-order valence-electron chi connectivity index (χ3n) is 3.97. The highest BCUT2D eigenvalue weighted by Gasteiger charge is 2.22. The van der Waals surface area contributed by atoms with Gasteiger partial charge in [-0.3, -0.25) is 9.69 Å². The smallest absolute Gasteiger partial charge is 0.236 e. The Labute approximate surface area is 137 Å². The third-order valence-corrected chi connectivity index (χ3v) is 4.99. The van der Waals surface area contributed by atoms with Crippen molar-refractivity contribution >= 4 is 29.7 Å². The van der Waals surface area contributed by atoms with Crippen LogP contribution in [-0.4, -0.2) is 36.0 Å². The van der Waals surface area contributed by atoms with Crippen LogP contribution in [0, 0.1) is 0 Å². The standard InChI is InChI=1S/C15H25N3OS.ClH/c1-3-4-13(16)15(19)17-9-11(2)18-7-5-14-12(10-18)6-8-20-14;/h6,8,11,13H,3-5,7,9-10,16H2,1-2H3,(H,17,19);1H. The van der Waals surface area contributed by atoms with Gasteiger partial charge in [0.2, 0.25) is 5.91 Å². The van der Waals surface area contributed by atoms with Crippen molar-refractivity contribution in [2.45, 2.75) is 51.7 Å². The molecule has 0 aromatic carbocycles. The van der Waals surface area contributed by atoms with E-state index in [0.717, 1.165) is 32.4 Å². The predicted octanol–water partition coefficient (Wildman–Crippen LogP) is 2.16. The van der Waals surface area contributed by atoms with Gasteiger partial charge >= 0.3 is 0 Å². The molecule has 1 aromatic heterocycles. The van der Waals surface area contributed by atoms with Crippen LogP contribution in [0.1, 0.15) is 37.1 Å². The summed E-state index contributed by atoms with van der Waals surface area (Å²) < 4.78 is 0. The van der Waals surface area contributed by atoms with Crippen LogP contribution in [0.4, 0.5) is 0 Å². The van der Waals surface area contributed by atoms with Gasteiger partial charge in [-0.05, 0) is 36.8 Å². The molecule has 4 nitrogen and oxygen atoms in total. The number of hydrogen-bond donors (Lipinski definition) is 2. The molecule has 0 spiro atoms. The van der Waals surface area contributed by atoms with Crippen molar-refractivity contribution in [1.82, 2.24) is 10.2 Å². The Morgan fingerprint density at radius 3 is 3.05 bits per heavy atom. The van der Waals surface area contributed by atoms with E-state index in [1.54, 1.807) is 0 Å². The third kappa shape index (κ3) is 4.95. The maximum Gasteiger partial charge on any atom is 0.236 e. The molecule has 2 atom stereocenters. The first-order valence-electron chi connectivity index (χ1n) is 7.44. The SMILES string of the molecule is CCCC(N)C(=O)NCC(C)N1CCc2sccc2C1.Cl. The van der Waals surface area contributed by atoms with Crippen LogP contribution >= 0.6 is 23.7 Å². The van der Waals surface area contributed by atoms with Gasteiger partial charge in [-0.1, -0.05) is 13.3 Å². The number of thiophene rings is 1. The number of amides is 1. The Balaban J connectivity index is 0.00000220. The zero-order chi connectivity index (χ0) is 14.5. The maximum atomic E-state index is 11.8. The van der Waals surface area contributed by atoms with Gasteiger partial charge in [-0.25, -0.2) is 0 Å². The van der Waals surface area contributed by atoms with Gasteiger partial charge < -0.3 is 11.1 Å². The summed E-state index contributed by atoms with van der Waals surface area (Å²) in [5.74, 6) is -0.0214. The van der Waals surface area contributed by atoms with Gasteiger partial charge in [0.15, 0.2) is 0 Å². The highest BCUT2D eigenvalue weighted by atomic mass is 35.5. The van der Waals surface area contributed by atoms with Gasteiger partial charge in [0, 0.05) is 30.6 Å². The predicted molar refractivity (Wildman–Crippen MR) is 91.0 cm³/mol. The van der Waals surface area contributed by atoms with Crippen molar-refractivity contribution < 1.29 is 4.79 Å². The molecule has 2 rings (SSSR count). The van der Waals surface area contributed by atoms with E-state index >= 15 is 0 Å². The highest BCUT2D eigenvalue weighted by Crippen LogP contribution is 2.24. The first kappa shape index (κ1) is 18.4. The summed E-state index contributed by atoms with van der Waals surface area (Å²) >= 11 is 1.85. The summed E-state index contributed by atoms with van der Waals surface area (Å²) in [4.78, 5) is 15.8. The lowest BCUT2D eigenvalue weighted by Crippen LogP contribution is -2.48. The van der Waals surface area contributed by atoms with E-state index in [-0.39, 0.29) is 24.4 Å². The van der Waals surface area contributed by atoms with E-state index in [0.29, 0.717) is 12.6 Å². The normalized spacial score (nSPS) is 17.5. The molecular weight excluding hydrogens is 306 g/mol. The summed E-state index contributed by atoms with van der Waals surface area (Å²) in [6.07, 6.45) is 2.82. The Morgan fingerprint density at radius 1 is 1.57 bits per heavy atom. The van der Waals surface area contributed by atoms with Crippen molar-refractivity contribution in [2.24, 2.45) is 5.73 Å². The summed E-state index contributed by atoms with van der Waals surface area (Å²) in [7, 11) is 0. The van der Waals surface area contributed by atoms with Crippen LogP contribution in [0.5, 0.6) is 0 Å². The zero-order valence-corrected chi connectivity index (χ0v) is 14.4. The first-order chi connectivity index (χ1) is 9.61. The fourth-order valence-corrected chi connectivity index (χ4v) is 3.49. The second kappa shape index (κ2) is 8.73. The first-order valence-corrected chi connectivity index (χ1v) is 8.32. The monoisotopic (exact) mass is 331 g/mol. The van der Waals surface area contributed by atoms with Crippen LogP contribution in [0.25, 0.3) is 0 Å². The van der Waals surface area contributed by atoms with Crippen molar-refractivity contribution in [3.63, 3.8) is 0 Å². The number of nitrogens with zero attached hydrogens (tertiary/aromatic N) is 1. The molecule has 1 aliphatic heterocycles. The van der Waals surface area contributed by atoms with Gasteiger partial charge in [-0.15, -0.1) is 23.7 Å². The molecule has 3 N–H and O–H groups in total. The summed E-state index contributed by atoms with van der Waals surface area (Å²) in [6.45, 7) is 6.96. The molecule has 0 saturated heterocycles. The average Bonchev–Trinajstić information content (AvgIpc) is 2.91. The second-order valence-electron chi connectivity index (χ2n) is 5.58. The van der Waals surface area contributed by atoms with Crippen molar-refractivity contribution in [3.05, 3.63) is 21.9 Å². The molecule has 0 bridgehead atoms. The minimum atomic E-state index is -0.364. The maximum absolute atomic E-state index is 11.8. The van der Waals surface area contributed by atoms with Gasteiger partial charge in [-0.2, -0.15) is 0 Å². The molecule has 21 heavy (non-hydrogen) atoms. The fourth-order valence-electron chi connectivity index (χ4n) is 2.60. The Hall–Kier alpha value is -0.620. The molecule has 6 heteroatoms. The molecule has 1 aromatic rings. The number of halogens is 1. The molecule has 0 fully saturated rings. The number of fused-ring (bicyclic) bond motifs is 1. The fraction of sp³-hybridized carbons (Fsp3) is 0.667. The summed E-state index contributed by atoms with van der Waals surface area (Å²) in [5.41, 5.74) is 7.26. The molecule has 0 saturated carbocycles. The molecule has 0 aliphatic carbocycles. The number of rotatable bonds is 6. The Morgan fingerprint density at radius 2 is 2.33 bits per heavy atom. The number of nitrogens with one attached hydrogen (secondary N) is 1. The number of hydrogen-bond acceptors (Lipinski definition) is 4. The van der Waals surface area contributed by atoms with E-state index < -0.39 is 0 Å². The van der Waals surface area contributed by atoms with Crippen LogP contribution in [0.15, 0.2) is 11.4 Å². The molecule has 1 amide bonds. The molecule has 0 radical (unpaired) electrons. The minimum Gasteiger partial charge on any atom is -0.353 e. The zero-order valence-electron chi connectivity index (χ0n) is 12.8. The van der Waals surface area contributed by atoms with Crippen molar-refractivity contribution in [3.8, 4) is 0 Å². The Bertz CT molecular complexity index is 452. The molecule has 120 valence electrons. The van der Waals surface area contributed by atoms with Crippen LogP contribution in [-0.2, 0) is 17.8 Å². The highest BCUT2D eigenvalue weighted by molar-refractivity contribution is 7.10. The lowest BCUT2D eigenvalue weighted by molar-refractivity contribution is -0.122. The van der Waals surface area contributed by atoms with Crippen molar-refractivity contribution in [2.75, 3.05) is 13.1 Å². The van der Waals surface area contributed by atoms with E-state index in [1.807, 2.05) is 18.3 Å². The molecule has 1 aliphatic rings. The lowest BCUT2D eigenvalue weighted by Gasteiger charge is -2.32. The van der Waals surface area contributed by atoms with Gasteiger partial charge in [0.1, 0.15) is 0 Å². The average molecular weight is 332 g/mol. The summed E-state index contributed by atoms with van der Waals surface area (Å²) in [5, 5.41) is 5.15. The van der Waals surface area contributed by atoms with Crippen LogP contribution < -0.4 is 11.1 Å².